The fourth-order valence-corrected chi connectivity index (χ4v) is 2.77. The van der Waals surface area contributed by atoms with Crippen molar-refractivity contribution in [1.29, 1.82) is 0 Å². The number of amides is 2. The van der Waals surface area contributed by atoms with E-state index in [1.54, 1.807) is 19.1 Å². The minimum Gasteiger partial charge on any atom is -0.332 e. The third-order valence-corrected chi connectivity index (χ3v) is 3.97. The Kier molecular flexibility index (Phi) is 5.12. The van der Waals surface area contributed by atoms with E-state index in [0.29, 0.717) is 27.8 Å². The van der Waals surface area contributed by atoms with Crippen LogP contribution in [0.4, 0.5) is 14.5 Å². The highest BCUT2D eigenvalue weighted by Gasteiger charge is 2.19. The van der Waals surface area contributed by atoms with Gasteiger partial charge in [-0.05, 0) is 43.3 Å². The molecule has 5 nitrogen and oxygen atoms in total. The quantitative estimate of drug-likeness (QED) is 0.765. The lowest BCUT2D eigenvalue weighted by molar-refractivity contribution is -0.116. The van der Waals surface area contributed by atoms with Crippen LogP contribution in [-0.4, -0.2) is 35.3 Å². The van der Waals surface area contributed by atoms with E-state index in [-0.39, 0.29) is 6.54 Å². The second-order valence-corrected chi connectivity index (χ2v) is 6.19. The Morgan fingerprint density at radius 3 is 2.56 bits per heavy atom. The number of nitrogens with zero attached hydrogens (tertiary/aromatic N) is 2. The Hall–Kier alpha value is -3.35. The maximum Gasteiger partial charge on any atom is 0.254 e. The number of carbonyl (C=O) groups excluding carboxylic acids is 2. The fourth-order valence-electron chi connectivity index (χ4n) is 2.77. The summed E-state index contributed by atoms with van der Waals surface area (Å²) in [6.45, 7) is 1.48. The van der Waals surface area contributed by atoms with Gasteiger partial charge in [-0.1, -0.05) is 6.07 Å². The van der Waals surface area contributed by atoms with Crippen LogP contribution in [0.25, 0.3) is 10.9 Å². The summed E-state index contributed by atoms with van der Waals surface area (Å²) in [5, 5.41) is 3.05. The molecule has 0 atom stereocenters. The van der Waals surface area contributed by atoms with Gasteiger partial charge in [-0.25, -0.2) is 8.78 Å². The van der Waals surface area contributed by atoms with Crippen LogP contribution in [0.3, 0.4) is 0 Å². The van der Waals surface area contributed by atoms with Gasteiger partial charge in [0.1, 0.15) is 11.6 Å². The van der Waals surface area contributed by atoms with Gasteiger partial charge in [-0.3, -0.25) is 14.6 Å². The SMILES string of the molecule is Cc1cc(C(=O)N(C)CC(=O)Nc2cccc(F)c2)c2ccc(F)cc2n1. The van der Waals surface area contributed by atoms with Gasteiger partial charge in [0, 0.05) is 29.9 Å². The first-order valence-electron chi connectivity index (χ1n) is 8.21. The zero-order valence-electron chi connectivity index (χ0n) is 14.8. The monoisotopic (exact) mass is 369 g/mol. The van der Waals surface area contributed by atoms with Crippen LogP contribution < -0.4 is 5.32 Å². The molecule has 0 bridgehead atoms. The van der Waals surface area contributed by atoms with E-state index in [2.05, 4.69) is 10.3 Å². The van der Waals surface area contributed by atoms with Crippen molar-refractivity contribution in [3.63, 3.8) is 0 Å². The lowest BCUT2D eigenvalue weighted by Gasteiger charge is -2.18. The number of aryl methyl sites for hydroxylation is 1. The Morgan fingerprint density at radius 2 is 1.81 bits per heavy atom. The van der Waals surface area contributed by atoms with Crippen LogP contribution in [0, 0.1) is 18.6 Å². The lowest BCUT2D eigenvalue weighted by Crippen LogP contribution is -2.35. The van der Waals surface area contributed by atoms with Gasteiger partial charge in [-0.2, -0.15) is 0 Å². The first-order valence-corrected chi connectivity index (χ1v) is 8.21. The summed E-state index contributed by atoms with van der Waals surface area (Å²) in [7, 11) is 1.48. The van der Waals surface area contributed by atoms with Gasteiger partial charge >= 0.3 is 0 Å². The van der Waals surface area contributed by atoms with Crippen LogP contribution in [0.15, 0.2) is 48.5 Å². The number of halogens is 2. The second kappa shape index (κ2) is 7.49. The molecular formula is C20H17F2N3O2. The molecule has 138 valence electrons. The number of likely N-dealkylation sites (N-methyl/N-ethyl adjacent to an activating group) is 1. The molecule has 2 aromatic carbocycles. The van der Waals surface area contributed by atoms with Crippen LogP contribution in [-0.2, 0) is 4.79 Å². The van der Waals surface area contributed by atoms with Crippen molar-refractivity contribution < 1.29 is 18.4 Å². The number of anilines is 1. The highest BCUT2D eigenvalue weighted by atomic mass is 19.1. The number of aromatic nitrogens is 1. The molecule has 0 saturated heterocycles. The van der Waals surface area contributed by atoms with Crippen LogP contribution >= 0.6 is 0 Å². The average molecular weight is 369 g/mol. The smallest absolute Gasteiger partial charge is 0.254 e. The number of hydrogen-bond acceptors (Lipinski definition) is 3. The summed E-state index contributed by atoms with van der Waals surface area (Å²) >= 11 is 0. The topological polar surface area (TPSA) is 62.3 Å². The lowest BCUT2D eigenvalue weighted by atomic mass is 10.1. The Balaban J connectivity index is 1.79. The van der Waals surface area contributed by atoms with Crippen LogP contribution in [0.2, 0.25) is 0 Å². The minimum absolute atomic E-state index is 0.223. The van der Waals surface area contributed by atoms with E-state index in [4.69, 9.17) is 0 Å². The van der Waals surface area contributed by atoms with Gasteiger partial charge in [-0.15, -0.1) is 0 Å². The summed E-state index contributed by atoms with van der Waals surface area (Å²) in [6, 6.07) is 11.1. The molecule has 1 aromatic heterocycles. The van der Waals surface area contributed by atoms with Gasteiger partial charge in [0.05, 0.1) is 17.6 Å². The average Bonchev–Trinajstić information content (AvgIpc) is 2.59. The molecule has 3 rings (SSSR count). The summed E-state index contributed by atoms with van der Waals surface area (Å²) in [6.07, 6.45) is 0. The Morgan fingerprint density at radius 1 is 1.07 bits per heavy atom. The molecule has 27 heavy (non-hydrogen) atoms. The largest absolute Gasteiger partial charge is 0.332 e. The van der Waals surface area contributed by atoms with Crippen molar-refractivity contribution in [3.05, 3.63) is 71.4 Å². The predicted octanol–water partition coefficient (Wildman–Crippen LogP) is 3.53. The molecule has 0 saturated carbocycles. The van der Waals surface area contributed by atoms with E-state index in [1.807, 2.05) is 0 Å². The molecule has 0 spiro atoms. The predicted molar refractivity (Wildman–Crippen MR) is 98.4 cm³/mol. The standard InChI is InChI=1S/C20H17F2N3O2/c1-12-8-17(16-7-6-14(22)10-18(16)23-12)20(27)25(2)11-19(26)24-15-5-3-4-13(21)9-15/h3-10H,11H2,1-2H3,(H,24,26). The molecule has 7 heteroatoms. The van der Waals surface area contributed by atoms with Crippen molar-refractivity contribution in [2.75, 3.05) is 18.9 Å². The number of carbonyl (C=O) groups is 2. The fraction of sp³-hybridized carbons (Fsp3) is 0.150. The molecule has 1 heterocycles. The van der Waals surface area contributed by atoms with Crippen molar-refractivity contribution >= 4 is 28.4 Å². The molecular weight excluding hydrogens is 352 g/mol. The zero-order chi connectivity index (χ0) is 19.6. The van der Waals surface area contributed by atoms with Gasteiger partial charge in [0.25, 0.3) is 5.91 Å². The number of pyridine rings is 1. The van der Waals surface area contributed by atoms with E-state index in [0.717, 1.165) is 0 Å². The van der Waals surface area contributed by atoms with Crippen LogP contribution in [0.5, 0.6) is 0 Å². The molecule has 0 aliphatic carbocycles. The number of nitrogens with one attached hydrogen (secondary N) is 1. The summed E-state index contributed by atoms with van der Waals surface area (Å²) in [4.78, 5) is 30.4. The van der Waals surface area contributed by atoms with Crippen LogP contribution in [0.1, 0.15) is 16.1 Å². The normalized spacial score (nSPS) is 10.7. The number of hydrogen-bond donors (Lipinski definition) is 1. The molecule has 0 fully saturated rings. The molecule has 2 amide bonds. The van der Waals surface area contributed by atoms with E-state index in [1.165, 1.54) is 48.3 Å². The molecule has 0 unspecified atom stereocenters. The van der Waals surface area contributed by atoms with Crippen molar-refractivity contribution in [3.8, 4) is 0 Å². The van der Waals surface area contributed by atoms with Gasteiger partial charge in [0.2, 0.25) is 5.91 Å². The third-order valence-electron chi connectivity index (χ3n) is 3.97. The van der Waals surface area contributed by atoms with Gasteiger partial charge < -0.3 is 10.2 Å². The van der Waals surface area contributed by atoms with E-state index >= 15 is 0 Å². The highest BCUT2D eigenvalue weighted by molar-refractivity contribution is 6.07. The summed E-state index contributed by atoms with van der Waals surface area (Å²) in [5.41, 5.74) is 1.57. The van der Waals surface area contributed by atoms with E-state index in [9.17, 15) is 18.4 Å². The molecule has 3 aromatic rings. The molecule has 0 radical (unpaired) electrons. The summed E-state index contributed by atoms with van der Waals surface area (Å²) < 4.78 is 26.6. The van der Waals surface area contributed by atoms with Crippen molar-refractivity contribution in [2.45, 2.75) is 6.92 Å². The summed E-state index contributed by atoms with van der Waals surface area (Å²) in [5.74, 6) is -1.77. The maximum absolute atomic E-state index is 13.5. The minimum atomic E-state index is -0.469. The highest BCUT2D eigenvalue weighted by Crippen LogP contribution is 2.21. The first kappa shape index (κ1) is 18.4. The molecule has 0 aliphatic heterocycles. The van der Waals surface area contributed by atoms with Crippen molar-refractivity contribution in [2.24, 2.45) is 0 Å². The molecule has 0 aliphatic rings. The first-order chi connectivity index (χ1) is 12.8. The van der Waals surface area contributed by atoms with E-state index < -0.39 is 23.4 Å². The van der Waals surface area contributed by atoms with Crippen molar-refractivity contribution in [1.82, 2.24) is 9.88 Å². The second-order valence-electron chi connectivity index (χ2n) is 6.19. The zero-order valence-corrected chi connectivity index (χ0v) is 14.8. The number of fused-ring (bicyclic) bond motifs is 1. The number of benzene rings is 2. The maximum atomic E-state index is 13.5. The molecule has 1 N–H and O–H groups in total. The number of rotatable bonds is 4. The Labute approximate surface area is 154 Å². The van der Waals surface area contributed by atoms with Gasteiger partial charge in [0.15, 0.2) is 0 Å². The Bertz CT molecular complexity index is 1030. The third kappa shape index (κ3) is 4.25.